The van der Waals surface area contributed by atoms with Crippen LogP contribution in [-0.2, 0) is 0 Å². The molecule has 1 aliphatic heterocycles. The predicted octanol–water partition coefficient (Wildman–Crippen LogP) is 1.30. The van der Waals surface area contributed by atoms with E-state index in [2.05, 4.69) is 10.3 Å². The van der Waals surface area contributed by atoms with Gasteiger partial charge in [0.25, 0.3) is 5.91 Å². The largest absolute Gasteiger partial charge is 0.354 e. The molecule has 19 heavy (non-hydrogen) atoms. The Morgan fingerprint density at radius 3 is 2.21 bits per heavy atom. The van der Waals surface area contributed by atoms with E-state index in [0.29, 0.717) is 24.3 Å². The average Bonchev–Trinajstić information content (AvgIpc) is 2.65. The lowest BCUT2D eigenvalue weighted by atomic mass is 10.1. The van der Waals surface area contributed by atoms with E-state index >= 15 is 0 Å². The van der Waals surface area contributed by atoms with Crippen LogP contribution in [-0.4, -0.2) is 47.8 Å². The smallest absolute Gasteiger partial charge is 0.270 e. The zero-order valence-electron chi connectivity index (χ0n) is 11.5. The Balaban J connectivity index is 0.00000180. The van der Waals surface area contributed by atoms with Crippen molar-refractivity contribution < 1.29 is 9.59 Å². The third kappa shape index (κ3) is 2.98. The molecule has 0 spiro atoms. The lowest BCUT2D eigenvalue weighted by molar-refractivity contribution is 0.0729. The van der Waals surface area contributed by atoms with Gasteiger partial charge in [0.15, 0.2) is 5.78 Å². The number of nitrogens with one attached hydrogen (secondary N) is 2. The van der Waals surface area contributed by atoms with Crippen LogP contribution in [0.4, 0.5) is 0 Å². The van der Waals surface area contributed by atoms with Crippen molar-refractivity contribution >= 4 is 24.1 Å². The van der Waals surface area contributed by atoms with E-state index in [1.54, 1.807) is 0 Å². The van der Waals surface area contributed by atoms with Gasteiger partial charge in [-0.3, -0.25) is 9.59 Å². The number of amides is 1. The predicted molar refractivity (Wildman–Crippen MR) is 76.3 cm³/mol. The summed E-state index contributed by atoms with van der Waals surface area (Å²) in [6, 6.07) is 0. The normalized spacial score (nSPS) is 15.0. The highest BCUT2D eigenvalue weighted by atomic mass is 35.5. The highest BCUT2D eigenvalue weighted by Gasteiger charge is 2.24. The quantitative estimate of drug-likeness (QED) is 0.805. The number of aryl methyl sites for hydroxylation is 1. The second-order valence-electron chi connectivity index (χ2n) is 4.72. The van der Waals surface area contributed by atoms with Crippen LogP contribution in [0, 0.1) is 13.8 Å². The van der Waals surface area contributed by atoms with Crippen LogP contribution < -0.4 is 5.32 Å². The van der Waals surface area contributed by atoms with Gasteiger partial charge in [0.1, 0.15) is 5.69 Å². The summed E-state index contributed by atoms with van der Waals surface area (Å²) in [4.78, 5) is 28.8. The molecule has 106 valence electrons. The van der Waals surface area contributed by atoms with Crippen LogP contribution in [0.15, 0.2) is 0 Å². The van der Waals surface area contributed by atoms with Crippen LogP contribution >= 0.6 is 12.4 Å². The molecule has 0 unspecified atom stereocenters. The molecule has 6 heteroatoms. The number of halogens is 1. The summed E-state index contributed by atoms with van der Waals surface area (Å²) >= 11 is 0. The molecule has 0 atom stereocenters. The Hall–Kier alpha value is -1.33. The first-order chi connectivity index (χ1) is 8.52. The van der Waals surface area contributed by atoms with Gasteiger partial charge in [-0.1, -0.05) is 0 Å². The van der Waals surface area contributed by atoms with Crippen molar-refractivity contribution in [3.63, 3.8) is 0 Å². The van der Waals surface area contributed by atoms with Gasteiger partial charge in [-0.25, -0.2) is 0 Å². The molecular formula is C13H20ClN3O2. The summed E-state index contributed by atoms with van der Waals surface area (Å²) in [7, 11) is 0. The van der Waals surface area contributed by atoms with Gasteiger partial charge >= 0.3 is 0 Å². The number of piperazine rings is 1. The number of aromatic amines is 1. The van der Waals surface area contributed by atoms with Gasteiger partial charge < -0.3 is 15.2 Å². The number of hydrogen-bond donors (Lipinski definition) is 2. The van der Waals surface area contributed by atoms with Crippen LogP contribution in [0.5, 0.6) is 0 Å². The van der Waals surface area contributed by atoms with Gasteiger partial charge in [-0.05, 0) is 26.3 Å². The first-order valence-electron chi connectivity index (χ1n) is 6.22. The molecule has 1 fully saturated rings. The average molecular weight is 286 g/mol. The van der Waals surface area contributed by atoms with E-state index in [0.717, 1.165) is 24.3 Å². The Labute approximate surface area is 119 Å². The zero-order chi connectivity index (χ0) is 13.3. The van der Waals surface area contributed by atoms with Gasteiger partial charge in [-0.15, -0.1) is 12.4 Å². The van der Waals surface area contributed by atoms with Crippen molar-refractivity contribution in [1.82, 2.24) is 15.2 Å². The third-order valence-electron chi connectivity index (χ3n) is 3.41. The summed E-state index contributed by atoms with van der Waals surface area (Å²) < 4.78 is 0. The number of Topliss-reactive ketones (excluding diaryl/α,β-unsaturated/α-hetero) is 1. The lowest BCUT2D eigenvalue weighted by Crippen LogP contribution is -2.46. The molecule has 1 saturated heterocycles. The summed E-state index contributed by atoms with van der Waals surface area (Å²) in [6.45, 7) is 8.27. The van der Waals surface area contributed by atoms with E-state index in [-0.39, 0.29) is 24.1 Å². The van der Waals surface area contributed by atoms with Crippen LogP contribution in [0.25, 0.3) is 0 Å². The molecule has 0 aromatic carbocycles. The van der Waals surface area contributed by atoms with Gasteiger partial charge in [0.2, 0.25) is 0 Å². The lowest BCUT2D eigenvalue weighted by Gasteiger charge is -2.27. The standard InChI is InChI=1S/C13H19N3O2.ClH/c1-8-11(10(3)17)9(2)15-12(8)13(18)16-6-4-14-5-7-16;/h14-15H,4-7H2,1-3H3;1H. The number of nitrogens with zero attached hydrogens (tertiary/aromatic N) is 1. The summed E-state index contributed by atoms with van der Waals surface area (Å²) in [5.74, 6) is -0.00906. The van der Waals surface area contributed by atoms with Crippen molar-refractivity contribution in [2.24, 2.45) is 0 Å². The number of rotatable bonds is 2. The molecule has 0 radical (unpaired) electrons. The molecule has 1 aliphatic rings. The Kier molecular flexibility index (Phi) is 5.14. The molecule has 5 nitrogen and oxygen atoms in total. The zero-order valence-corrected chi connectivity index (χ0v) is 12.3. The number of carbonyl (C=O) groups excluding carboxylic acids is 2. The SMILES string of the molecule is CC(=O)c1c(C)[nH]c(C(=O)N2CCNCC2)c1C.Cl. The van der Waals surface area contributed by atoms with Crippen molar-refractivity contribution in [2.45, 2.75) is 20.8 Å². The monoisotopic (exact) mass is 285 g/mol. The molecule has 1 amide bonds. The maximum atomic E-state index is 12.4. The molecule has 0 bridgehead atoms. The Morgan fingerprint density at radius 2 is 1.74 bits per heavy atom. The van der Waals surface area contributed by atoms with E-state index in [1.807, 2.05) is 18.7 Å². The third-order valence-corrected chi connectivity index (χ3v) is 3.41. The highest BCUT2D eigenvalue weighted by Crippen LogP contribution is 2.20. The second-order valence-corrected chi connectivity index (χ2v) is 4.72. The Bertz CT molecular complexity index is 490. The number of aromatic nitrogens is 1. The minimum absolute atomic E-state index is 0. The molecule has 2 rings (SSSR count). The van der Waals surface area contributed by atoms with Crippen molar-refractivity contribution in [3.8, 4) is 0 Å². The number of H-pyrrole nitrogens is 1. The van der Waals surface area contributed by atoms with E-state index < -0.39 is 0 Å². The fraction of sp³-hybridized carbons (Fsp3) is 0.538. The minimum Gasteiger partial charge on any atom is -0.354 e. The maximum absolute atomic E-state index is 12.4. The number of hydrogen-bond acceptors (Lipinski definition) is 3. The van der Waals surface area contributed by atoms with Gasteiger partial charge in [-0.2, -0.15) is 0 Å². The highest BCUT2D eigenvalue weighted by molar-refractivity contribution is 6.02. The molecule has 0 aliphatic carbocycles. The summed E-state index contributed by atoms with van der Waals surface area (Å²) in [5.41, 5.74) is 2.75. The maximum Gasteiger partial charge on any atom is 0.270 e. The van der Waals surface area contributed by atoms with Crippen molar-refractivity contribution in [1.29, 1.82) is 0 Å². The van der Waals surface area contributed by atoms with Crippen molar-refractivity contribution in [2.75, 3.05) is 26.2 Å². The second kappa shape index (κ2) is 6.21. The number of carbonyl (C=O) groups is 2. The minimum atomic E-state index is -0.00963. The first-order valence-corrected chi connectivity index (χ1v) is 6.22. The Morgan fingerprint density at radius 1 is 1.16 bits per heavy atom. The van der Waals surface area contributed by atoms with E-state index in [9.17, 15) is 9.59 Å². The molecule has 0 saturated carbocycles. The topological polar surface area (TPSA) is 65.2 Å². The molecule has 1 aromatic rings. The summed E-state index contributed by atoms with van der Waals surface area (Å²) in [5, 5.41) is 3.21. The first kappa shape index (κ1) is 15.7. The molecule has 2 heterocycles. The number of ketones is 1. The molecule has 1 aromatic heterocycles. The van der Waals surface area contributed by atoms with Crippen LogP contribution in [0.3, 0.4) is 0 Å². The van der Waals surface area contributed by atoms with E-state index in [1.165, 1.54) is 6.92 Å². The summed E-state index contributed by atoms with van der Waals surface area (Å²) in [6.07, 6.45) is 0. The van der Waals surface area contributed by atoms with Gasteiger partial charge in [0, 0.05) is 37.4 Å². The van der Waals surface area contributed by atoms with Crippen molar-refractivity contribution in [3.05, 3.63) is 22.5 Å². The molecular weight excluding hydrogens is 266 g/mol. The van der Waals surface area contributed by atoms with Crippen LogP contribution in [0.1, 0.15) is 39.0 Å². The fourth-order valence-electron chi connectivity index (χ4n) is 2.52. The van der Waals surface area contributed by atoms with E-state index in [4.69, 9.17) is 0 Å². The molecule has 2 N–H and O–H groups in total. The van der Waals surface area contributed by atoms with Gasteiger partial charge in [0.05, 0.1) is 0 Å². The van der Waals surface area contributed by atoms with Crippen LogP contribution in [0.2, 0.25) is 0 Å². The fourth-order valence-corrected chi connectivity index (χ4v) is 2.52.